The standard InChI is InChI=1S/C12H14N2O3/c1-8-3-2-4-9(13-8)7-14-10(12(16)17)5-6-11(14)15/h2-4,10H,5-7H2,1H3,(H,16,17). The Morgan fingerprint density at radius 2 is 2.35 bits per heavy atom. The highest BCUT2D eigenvalue weighted by Crippen LogP contribution is 2.21. The normalized spacial score (nSPS) is 19.7. The number of aliphatic carboxylic acids is 1. The third-order valence-electron chi connectivity index (χ3n) is 2.89. The van der Waals surface area contributed by atoms with Gasteiger partial charge in [0.1, 0.15) is 6.04 Å². The molecule has 1 aromatic rings. The highest BCUT2D eigenvalue weighted by atomic mass is 16.4. The van der Waals surface area contributed by atoms with Crippen molar-refractivity contribution in [2.75, 3.05) is 0 Å². The van der Waals surface area contributed by atoms with E-state index in [-0.39, 0.29) is 12.5 Å². The van der Waals surface area contributed by atoms with Crippen LogP contribution in [-0.4, -0.2) is 32.9 Å². The van der Waals surface area contributed by atoms with Gasteiger partial charge in [-0.15, -0.1) is 0 Å². The first-order valence-corrected chi connectivity index (χ1v) is 5.53. The van der Waals surface area contributed by atoms with Crippen molar-refractivity contribution in [3.8, 4) is 0 Å². The van der Waals surface area contributed by atoms with Gasteiger partial charge in [0, 0.05) is 12.1 Å². The van der Waals surface area contributed by atoms with Crippen LogP contribution in [0.1, 0.15) is 24.2 Å². The fraction of sp³-hybridized carbons (Fsp3) is 0.417. The van der Waals surface area contributed by atoms with Gasteiger partial charge in [0.2, 0.25) is 5.91 Å². The Balaban J connectivity index is 2.16. The summed E-state index contributed by atoms with van der Waals surface area (Å²) in [7, 11) is 0. The van der Waals surface area contributed by atoms with Gasteiger partial charge in [-0.3, -0.25) is 9.78 Å². The monoisotopic (exact) mass is 234 g/mol. The first-order valence-electron chi connectivity index (χ1n) is 5.53. The fourth-order valence-corrected chi connectivity index (χ4v) is 2.05. The summed E-state index contributed by atoms with van der Waals surface area (Å²) in [5.41, 5.74) is 1.59. The maximum absolute atomic E-state index is 11.6. The van der Waals surface area contributed by atoms with Crippen LogP contribution in [0.5, 0.6) is 0 Å². The van der Waals surface area contributed by atoms with E-state index in [0.717, 1.165) is 11.4 Å². The molecule has 90 valence electrons. The van der Waals surface area contributed by atoms with Crippen molar-refractivity contribution in [1.82, 2.24) is 9.88 Å². The average Bonchev–Trinajstić information content (AvgIpc) is 2.61. The van der Waals surface area contributed by atoms with Crippen LogP contribution in [0.25, 0.3) is 0 Å². The first kappa shape index (κ1) is 11.6. The molecule has 1 N–H and O–H groups in total. The quantitative estimate of drug-likeness (QED) is 0.845. The second kappa shape index (κ2) is 4.53. The third-order valence-corrected chi connectivity index (χ3v) is 2.89. The summed E-state index contributed by atoms with van der Waals surface area (Å²) in [4.78, 5) is 28.3. The van der Waals surface area contributed by atoms with Crippen molar-refractivity contribution in [1.29, 1.82) is 0 Å². The summed E-state index contributed by atoms with van der Waals surface area (Å²) in [6, 6.07) is 4.82. The van der Waals surface area contributed by atoms with Crippen LogP contribution in [0.2, 0.25) is 0 Å². The van der Waals surface area contributed by atoms with E-state index in [0.29, 0.717) is 12.8 Å². The van der Waals surface area contributed by atoms with Crippen molar-refractivity contribution < 1.29 is 14.7 Å². The summed E-state index contributed by atoms with van der Waals surface area (Å²) < 4.78 is 0. The van der Waals surface area contributed by atoms with Gasteiger partial charge in [0.25, 0.3) is 0 Å². The molecule has 17 heavy (non-hydrogen) atoms. The molecule has 1 fully saturated rings. The maximum atomic E-state index is 11.6. The molecule has 5 nitrogen and oxygen atoms in total. The predicted octanol–water partition coefficient (Wildman–Crippen LogP) is 0.966. The molecule has 0 saturated carbocycles. The van der Waals surface area contributed by atoms with Gasteiger partial charge in [-0.25, -0.2) is 4.79 Å². The molecule has 1 aliphatic heterocycles. The average molecular weight is 234 g/mol. The second-order valence-electron chi connectivity index (χ2n) is 4.18. The third kappa shape index (κ3) is 2.43. The summed E-state index contributed by atoms with van der Waals surface area (Å²) in [6.07, 6.45) is 0.697. The number of carboxylic acids is 1. The number of amides is 1. The molecule has 1 amide bonds. The fourth-order valence-electron chi connectivity index (χ4n) is 2.05. The lowest BCUT2D eigenvalue weighted by molar-refractivity contribution is -0.146. The van der Waals surface area contributed by atoms with Crippen LogP contribution in [-0.2, 0) is 16.1 Å². The topological polar surface area (TPSA) is 70.5 Å². The second-order valence-corrected chi connectivity index (χ2v) is 4.18. The maximum Gasteiger partial charge on any atom is 0.326 e. The Kier molecular flexibility index (Phi) is 3.08. The Bertz CT molecular complexity index is 459. The molecule has 0 radical (unpaired) electrons. The van der Waals surface area contributed by atoms with Gasteiger partial charge in [-0.2, -0.15) is 0 Å². The van der Waals surface area contributed by atoms with Crippen LogP contribution < -0.4 is 0 Å². The van der Waals surface area contributed by atoms with Gasteiger partial charge in [0.05, 0.1) is 12.2 Å². The number of nitrogens with zero attached hydrogens (tertiary/aromatic N) is 2. The lowest BCUT2D eigenvalue weighted by Gasteiger charge is -2.21. The minimum absolute atomic E-state index is 0.110. The highest BCUT2D eigenvalue weighted by molar-refractivity contribution is 5.87. The van der Waals surface area contributed by atoms with Crippen molar-refractivity contribution in [2.45, 2.75) is 32.4 Å². The van der Waals surface area contributed by atoms with Crippen molar-refractivity contribution >= 4 is 11.9 Å². The predicted molar refractivity (Wildman–Crippen MR) is 60.2 cm³/mol. The number of hydrogen-bond acceptors (Lipinski definition) is 3. The van der Waals surface area contributed by atoms with Crippen LogP contribution in [0, 0.1) is 6.92 Å². The number of carbonyl (C=O) groups is 2. The van der Waals surface area contributed by atoms with Gasteiger partial charge >= 0.3 is 5.97 Å². The first-order chi connectivity index (χ1) is 8.08. The zero-order valence-corrected chi connectivity index (χ0v) is 9.59. The molecule has 1 saturated heterocycles. The molecular formula is C12H14N2O3. The van der Waals surface area contributed by atoms with Crippen molar-refractivity contribution in [3.63, 3.8) is 0 Å². The molecule has 0 aliphatic carbocycles. The van der Waals surface area contributed by atoms with Gasteiger partial charge < -0.3 is 10.0 Å². The molecular weight excluding hydrogens is 220 g/mol. The van der Waals surface area contributed by atoms with E-state index in [1.54, 1.807) is 6.07 Å². The van der Waals surface area contributed by atoms with E-state index < -0.39 is 12.0 Å². The number of likely N-dealkylation sites (tertiary alicyclic amines) is 1. The smallest absolute Gasteiger partial charge is 0.326 e. The Morgan fingerprint density at radius 1 is 1.59 bits per heavy atom. The molecule has 2 heterocycles. The largest absolute Gasteiger partial charge is 0.480 e. The Hall–Kier alpha value is -1.91. The van der Waals surface area contributed by atoms with Gasteiger partial charge in [0.15, 0.2) is 0 Å². The number of hydrogen-bond donors (Lipinski definition) is 1. The molecule has 0 bridgehead atoms. The Labute approximate surface area is 99.1 Å². The minimum atomic E-state index is -0.941. The molecule has 2 rings (SSSR count). The molecule has 5 heteroatoms. The van der Waals surface area contributed by atoms with Crippen molar-refractivity contribution in [2.24, 2.45) is 0 Å². The van der Waals surface area contributed by atoms with E-state index >= 15 is 0 Å². The van der Waals surface area contributed by atoms with Gasteiger partial charge in [-0.1, -0.05) is 6.07 Å². The number of rotatable bonds is 3. The van der Waals surface area contributed by atoms with Crippen LogP contribution in [0.4, 0.5) is 0 Å². The van der Waals surface area contributed by atoms with Crippen LogP contribution in [0.3, 0.4) is 0 Å². The molecule has 0 aromatic carbocycles. The molecule has 1 unspecified atom stereocenters. The van der Waals surface area contributed by atoms with Crippen LogP contribution >= 0.6 is 0 Å². The molecule has 1 aliphatic rings. The van der Waals surface area contributed by atoms with E-state index in [4.69, 9.17) is 5.11 Å². The SMILES string of the molecule is Cc1cccc(CN2C(=O)CCC2C(=O)O)n1. The van der Waals surface area contributed by atoms with E-state index in [1.807, 2.05) is 19.1 Å². The summed E-state index contributed by atoms with van der Waals surface area (Å²) in [5, 5.41) is 9.02. The summed E-state index contributed by atoms with van der Waals surface area (Å²) >= 11 is 0. The molecule has 0 spiro atoms. The number of pyridine rings is 1. The summed E-state index contributed by atoms with van der Waals surface area (Å²) in [6.45, 7) is 2.14. The van der Waals surface area contributed by atoms with Gasteiger partial charge in [-0.05, 0) is 25.5 Å². The van der Waals surface area contributed by atoms with E-state index in [9.17, 15) is 9.59 Å². The number of aromatic nitrogens is 1. The summed E-state index contributed by atoms with van der Waals surface area (Å²) in [5.74, 6) is -1.05. The Morgan fingerprint density at radius 3 is 3.00 bits per heavy atom. The number of carboxylic acid groups (broad SMARTS) is 1. The van der Waals surface area contributed by atoms with Crippen molar-refractivity contribution in [3.05, 3.63) is 29.6 Å². The van der Waals surface area contributed by atoms with Crippen LogP contribution in [0.15, 0.2) is 18.2 Å². The highest BCUT2D eigenvalue weighted by Gasteiger charge is 2.35. The molecule has 1 atom stereocenters. The zero-order chi connectivity index (χ0) is 12.4. The number of aryl methyl sites for hydroxylation is 1. The van der Waals surface area contributed by atoms with E-state index in [2.05, 4.69) is 4.98 Å². The lowest BCUT2D eigenvalue weighted by Crippen LogP contribution is -2.38. The van der Waals surface area contributed by atoms with E-state index in [1.165, 1.54) is 4.90 Å². The minimum Gasteiger partial charge on any atom is -0.480 e. The molecule has 1 aromatic heterocycles. The zero-order valence-electron chi connectivity index (χ0n) is 9.59. The number of carbonyl (C=O) groups excluding carboxylic acids is 1. The lowest BCUT2D eigenvalue weighted by atomic mass is 10.2.